The fourth-order valence-corrected chi connectivity index (χ4v) is 3.73. The van der Waals surface area contributed by atoms with Gasteiger partial charge in [-0.15, -0.1) is 0 Å². The van der Waals surface area contributed by atoms with Gasteiger partial charge >= 0.3 is 6.09 Å². The fourth-order valence-electron chi connectivity index (χ4n) is 3.73. The van der Waals surface area contributed by atoms with E-state index < -0.39 is 16.7 Å². The number of hydrogen-bond donors (Lipinski definition) is 3. The van der Waals surface area contributed by atoms with Crippen LogP contribution in [0.1, 0.15) is 46.5 Å². The third-order valence-electron chi connectivity index (χ3n) is 5.43. The zero-order valence-electron chi connectivity index (χ0n) is 19.7. The second-order valence-corrected chi connectivity index (χ2v) is 9.24. The number of hydrogen-bond acceptors (Lipinski definition) is 6. The molecule has 0 atom stereocenters. The third-order valence-corrected chi connectivity index (χ3v) is 5.43. The molecule has 1 aromatic carbocycles. The maximum absolute atomic E-state index is 12.5. The standard InChI is InChI=1S/C23H31N5O6/c1-23(2,3)34-22(33)28-13-11-27(12-14-28)18(30)10-5-4-9-17(29)24-16-8-6-7-15-19(16)21(32)26-25-20(15)31/h6-8H,4-5,9-14H2,1-3H3,(H,24,29)(H,25,31)(H,26,32). The maximum Gasteiger partial charge on any atom is 0.410 e. The number of piperazine rings is 1. The summed E-state index contributed by atoms with van der Waals surface area (Å²) in [5.74, 6) is -0.310. The molecule has 0 radical (unpaired) electrons. The summed E-state index contributed by atoms with van der Waals surface area (Å²) in [5, 5.41) is 7.51. The fraction of sp³-hybridized carbons (Fsp3) is 0.522. The Kier molecular flexibility index (Phi) is 7.75. The molecule has 0 saturated carbocycles. The van der Waals surface area contributed by atoms with Gasteiger partial charge in [-0.1, -0.05) is 6.07 Å². The van der Waals surface area contributed by atoms with E-state index in [1.54, 1.807) is 21.9 Å². The van der Waals surface area contributed by atoms with Gasteiger partial charge in [0.05, 0.1) is 16.5 Å². The number of aromatic nitrogens is 2. The number of aromatic amines is 2. The van der Waals surface area contributed by atoms with Gasteiger partial charge in [0, 0.05) is 39.0 Å². The van der Waals surface area contributed by atoms with Gasteiger partial charge in [-0.05, 0) is 45.7 Å². The molecule has 11 nitrogen and oxygen atoms in total. The molecular weight excluding hydrogens is 442 g/mol. The van der Waals surface area contributed by atoms with Crippen LogP contribution >= 0.6 is 0 Å². The van der Waals surface area contributed by atoms with Crippen LogP contribution in [-0.2, 0) is 14.3 Å². The first-order chi connectivity index (χ1) is 16.0. The third kappa shape index (κ3) is 6.46. The minimum absolute atomic E-state index is 0.0101. The van der Waals surface area contributed by atoms with Crippen LogP contribution in [-0.4, -0.2) is 69.7 Å². The number of amides is 3. The summed E-state index contributed by atoms with van der Waals surface area (Å²) < 4.78 is 5.36. The molecule has 1 fully saturated rings. The van der Waals surface area contributed by atoms with Crippen molar-refractivity contribution in [1.29, 1.82) is 0 Å². The van der Waals surface area contributed by atoms with E-state index in [4.69, 9.17) is 4.74 Å². The second kappa shape index (κ2) is 10.5. The molecule has 2 heterocycles. The van der Waals surface area contributed by atoms with Crippen LogP contribution in [0.15, 0.2) is 27.8 Å². The molecule has 1 saturated heterocycles. The van der Waals surface area contributed by atoms with E-state index in [0.29, 0.717) is 45.4 Å². The highest BCUT2D eigenvalue weighted by molar-refractivity contribution is 6.01. The van der Waals surface area contributed by atoms with Crippen LogP contribution in [0.5, 0.6) is 0 Å². The highest BCUT2D eigenvalue weighted by Gasteiger charge is 2.27. The summed E-state index contributed by atoms with van der Waals surface area (Å²) in [4.78, 5) is 64.2. The Hall–Kier alpha value is -3.63. The van der Waals surface area contributed by atoms with Gasteiger partial charge < -0.3 is 19.9 Å². The topological polar surface area (TPSA) is 145 Å². The van der Waals surface area contributed by atoms with Crippen molar-refractivity contribution in [1.82, 2.24) is 20.0 Å². The van der Waals surface area contributed by atoms with E-state index in [1.165, 1.54) is 6.07 Å². The van der Waals surface area contributed by atoms with Gasteiger partial charge in [-0.3, -0.25) is 29.4 Å². The quantitative estimate of drug-likeness (QED) is 0.546. The number of nitrogens with one attached hydrogen (secondary N) is 3. The molecule has 1 aliphatic rings. The summed E-state index contributed by atoms with van der Waals surface area (Å²) >= 11 is 0. The molecule has 0 aliphatic carbocycles. The van der Waals surface area contributed by atoms with Crippen molar-refractivity contribution in [2.45, 2.75) is 52.1 Å². The summed E-state index contributed by atoms with van der Waals surface area (Å²) in [7, 11) is 0. The number of rotatable bonds is 6. The molecule has 3 rings (SSSR count). The van der Waals surface area contributed by atoms with Gasteiger partial charge in [0.1, 0.15) is 5.60 Å². The Morgan fingerprint density at radius 3 is 2.24 bits per heavy atom. The minimum atomic E-state index is -0.558. The van der Waals surface area contributed by atoms with Gasteiger partial charge in [0.15, 0.2) is 0 Å². The molecule has 0 spiro atoms. The molecule has 3 amide bonds. The molecule has 0 bridgehead atoms. The number of nitrogens with zero attached hydrogens (tertiary/aromatic N) is 2. The number of carbonyl (C=O) groups excluding carboxylic acids is 3. The molecule has 34 heavy (non-hydrogen) atoms. The maximum atomic E-state index is 12.5. The molecule has 1 aromatic heterocycles. The van der Waals surface area contributed by atoms with Crippen molar-refractivity contribution in [2.75, 3.05) is 31.5 Å². The van der Waals surface area contributed by atoms with Crippen molar-refractivity contribution < 1.29 is 19.1 Å². The molecule has 0 unspecified atom stereocenters. The lowest BCUT2D eigenvalue weighted by Gasteiger charge is -2.35. The second-order valence-electron chi connectivity index (χ2n) is 9.24. The number of ether oxygens (including phenoxy) is 1. The lowest BCUT2D eigenvalue weighted by Crippen LogP contribution is -2.51. The molecule has 1 aliphatic heterocycles. The minimum Gasteiger partial charge on any atom is -0.444 e. The Bertz CT molecular complexity index is 1170. The predicted octanol–water partition coefficient (Wildman–Crippen LogP) is 1.79. The molecule has 2 aromatic rings. The van der Waals surface area contributed by atoms with E-state index >= 15 is 0 Å². The van der Waals surface area contributed by atoms with Crippen molar-refractivity contribution in [3.63, 3.8) is 0 Å². The average molecular weight is 474 g/mol. The highest BCUT2D eigenvalue weighted by atomic mass is 16.6. The number of anilines is 1. The van der Waals surface area contributed by atoms with Crippen molar-refractivity contribution in [3.8, 4) is 0 Å². The van der Waals surface area contributed by atoms with Crippen molar-refractivity contribution >= 4 is 34.4 Å². The van der Waals surface area contributed by atoms with Gasteiger partial charge in [-0.2, -0.15) is 0 Å². The summed E-state index contributed by atoms with van der Waals surface area (Å²) in [6.45, 7) is 7.20. The largest absolute Gasteiger partial charge is 0.444 e. The van der Waals surface area contributed by atoms with Crippen LogP contribution < -0.4 is 16.4 Å². The Morgan fingerprint density at radius 2 is 1.56 bits per heavy atom. The van der Waals surface area contributed by atoms with Crippen LogP contribution in [0, 0.1) is 0 Å². The monoisotopic (exact) mass is 473 g/mol. The van der Waals surface area contributed by atoms with E-state index in [2.05, 4.69) is 15.5 Å². The van der Waals surface area contributed by atoms with Crippen molar-refractivity contribution in [3.05, 3.63) is 38.9 Å². The van der Waals surface area contributed by atoms with E-state index in [1.807, 2.05) is 20.8 Å². The normalized spacial score (nSPS) is 14.2. The lowest BCUT2D eigenvalue weighted by atomic mass is 10.1. The number of H-pyrrole nitrogens is 2. The van der Waals surface area contributed by atoms with E-state index in [0.717, 1.165) is 0 Å². The van der Waals surface area contributed by atoms with Crippen molar-refractivity contribution in [2.24, 2.45) is 0 Å². The number of fused-ring (bicyclic) bond motifs is 1. The summed E-state index contributed by atoms with van der Waals surface area (Å²) in [5.41, 5.74) is -1.23. The SMILES string of the molecule is CC(C)(C)OC(=O)N1CCN(C(=O)CCCCC(=O)Nc2cccc3c(=O)[nH][nH]c(=O)c23)CC1. The zero-order chi connectivity index (χ0) is 24.9. The van der Waals surface area contributed by atoms with Crippen LogP contribution in [0.3, 0.4) is 0 Å². The first-order valence-corrected chi connectivity index (χ1v) is 11.3. The first-order valence-electron chi connectivity index (χ1n) is 11.3. The summed E-state index contributed by atoms with van der Waals surface area (Å²) in [6.07, 6.45) is 1.15. The van der Waals surface area contributed by atoms with Crippen LogP contribution in [0.2, 0.25) is 0 Å². The van der Waals surface area contributed by atoms with Crippen LogP contribution in [0.25, 0.3) is 10.8 Å². The zero-order valence-corrected chi connectivity index (χ0v) is 19.7. The van der Waals surface area contributed by atoms with Gasteiger partial charge in [0.25, 0.3) is 11.1 Å². The molecule has 3 N–H and O–H groups in total. The van der Waals surface area contributed by atoms with Gasteiger partial charge in [0.2, 0.25) is 11.8 Å². The Labute approximate surface area is 196 Å². The molecule has 184 valence electrons. The van der Waals surface area contributed by atoms with E-state index in [-0.39, 0.29) is 40.8 Å². The number of unbranched alkanes of at least 4 members (excludes halogenated alkanes) is 1. The lowest BCUT2D eigenvalue weighted by molar-refractivity contribution is -0.133. The van der Waals surface area contributed by atoms with Crippen LogP contribution in [0.4, 0.5) is 10.5 Å². The number of benzene rings is 1. The smallest absolute Gasteiger partial charge is 0.410 e. The predicted molar refractivity (Wildman–Crippen MR) is 127 cm³/mol. The van der Waals surface area contributed by atoms with E-state index in [9.17, 15) is 24.0 Å². The Morgan fingerprint density at radius 1 is 0.941 bits per heavy atom. The Balaban J connectivity index is 1.41. The van der Waals surface area contributed by atoms with Gasteiger partial charge in [-0.25, -0.2) is 4.79 Å². The number of carbonyl (C=O) groups is 3. The molecule has 11 heteroatoms. The highest BCUT2D eigenvalue weighted by Crippen LogP contribution is 2.18. The summed E-state index contributed by atoms with van der Waals surface area (Å²) in [6, 6.07) is 4.67. The molecular formula is C23H31N5O6. The average Bonchev–Trinajstić information content (AvgIpc) is 2.78. The first kappa shape index (κ1) is 25.0.